The van der Waals surface area contributed by atoms with Crippen LogP contribution in [0.1, 0.15) is 30.9 Å². The Hall–Kier alpha value is -1.06. The Morgan fingerprint density at radius 3 is 2.90 bits per heavy atom. The van der Waals surface area contributed by atoms with E-state index < -0.39 is 0 Å². The number of rotatable bonds is 5. The summed E-state index contributed by atoms with van der Waals surface area (Å²) in [6.07, 6.45) is 2.23. The second-order valence-electron chi connectivity index (χ2n) is 6.39. The second kappa shape index (κ2) is 7.09. The lowest BCUT2D eigenvalue weighted by molar-refractivity contribution is -0.911. The van der Waals surface area contributed by atoms with Crippen LogP contribution in [0.5, 0.6) is 5.75 Å². The molecule has 0 radical (unpaired) electrons. The normalized spacial score (nSPS) is 24.4. The highest BCUT2D eigenvalue weighted by Crippen LogP contribution is 2.18. The molecule has 0 spiro atoms. The first-order chi connectivity index (χ1) is 9.54. The molecule has 20 heavy (non-hydrogen) atoms. The summed E-state index contributed by atoms with van der Waals surface area (Å²) in [7, 11) is 0. The summed E-state index contributed by atoms with van der Waals surface area (Å²) in [4.78, 5) is 1.51. The van der Waals surface area contributed by atoms with Crippen molar-refractivity contribution in [1.82, 2.24) is 0 Å². The summed E-state index contributed by atoms with van der Waals surface area (Å²) in [6, 6.07) is 6.15. The molecule has 0 aliphatic carbocycles. The minimum absolute atomic E-state index is 0.379. The molecular formula is C17H28NO2+. The Morgan fingerprint density at radius 1 is 1.40 bits per heavy atom. The minimum atomic E-state index is -0.379. The fourth-order valence-electron chi connectivity index (χ4n) is 3.12. The van der Waals surface area contributed by atoms with Gasteiger partial charge in [0.15, 0.2) is 0 Å². The SMILES string of the molecule is Cc1ccc(OC[C@@H](O)C[NH+]2CCC[C@@H](C)C2)c(C)c1. The average Bonchev–Trinajstić information content (AvgIpc) is 2.37. The molecule has 0 saturated carbocycles. The van der Waals surface area contributed by atoms with Gasteiger partial charge in [-0.05, 0) is 38.3 Å². The van der Waals surface area contributed by atoms with E-state index >= 15 is 0 Å². The van der Waals surface area contributed by atoms with E-state index in [1.165, 1.54) is 36.4 Å². The summed E-state index contributed by atoms with van der Waals surface area (Å²) in [5, 5.41) is 10.1. The number of aryl methyl sites for hydroxylation is 2. The van der Waals surface area contributed by atoms with Gasteiger partial charge in [-0.25, -0.2) is 0 Å². The molecule has 1 aromatic carbocycles. The Labute approximate surface area is 122 Å². The Balaban J connectivity index is 1.78. The molecule has 1 fully saturated rings. The molecule has 3 nitrogen and oxygen atoms in total. The van der Waals surface area contributed by atoms with E-state index in [1.807, 2.05) is 19.1 Å². The predicted molar refractivity (Wildman–Crippen MR) is 81.4 cm³/mol. The number of nitrogens with one attached hydrogen (secondary N) is 1. The van der Waals surface area contributed by atoms with Crippen LogP contribution >= 0.6 is 0 Å². The molecular weight excluding hydrogens is 250 g/mol. The van der Waals surface area contributed by atoms with Gasteiger partial charge >= 0.3 is 0 Å². The lowest BCUT2D eigenvalue weighted by Gasteiger charge is -2.29. The van der Waals surface area contributed by atoms with Crippen molar-refractivity contribution >= 4 is 0 Å². The first kappa shape index (κ1) is 15.3. The third kappa shape index (κ3) is 4.50. The van der Waals surface area contributed by atoms with Gasteiger partial charge in [0.2, 0.25) is 0 Å². The number of hydrogen-bond donors (Lipinski definition) is 2. The van der Waals surface area contributed by atoms with Gasteiger partial charge < -0.3 is 14.7 Å². The van der Waals surface area contributed by atoms with E-state index in [9.17, 15) is 5.11 Å². The zero-order valence-electron chi connectivity index (χ0n) is 13.0. The van der Waals surface area contributed by atoms with Crippen LogP contribution in [0.2, 0.25) is 0 Å². The maximum Gasteiger partial charge on any atom is 0.137 e. The van der Waals surface area contributed by atoms with Crippen molar-refractivity contribution in [2.24, 2.45) is 5.92 Å². The van der Waals surface area contributed by atoms with E-state index in [0.29, 0.717) is 6.61 Å². The van der Waals surface area contributed by atoms with Gasteiger partial charge in [0.05, 0.1) is 13.1 Å². The summed E-state index contributed by atoms with van der Waals surface area (Å²) in [6.45, 7) is 9.99. The molecule has 1 aliphatic rings. The van der Waals surface area contributed by atoms with Gasteiger partial charge in [-0.2, -0.15) is 0 Å². The molecule has 112 valence electrons. The molecule has 0 amide bonds. The number of quaternary nitrogens is 1. The Bertz CT molecular complexity index is 433. The number of aliphatic hydroxyl groups is 1. The summed E-state index contributed by atoms with van der Waals surface area (Å²) < 4.78 is 5.76. The van der Waals surface area contributed by atoms with Gasteiger partial charge in [0.25, 0.3) is 0 Å². The van der Waals surface area contributed by atoms with Crippen molar-refractivity contribution in [3.05, 3.63) is 29.3 Å². The zero-order valence-corrected chi connectivity index (χ0v) is 13.0. The van der Waals surface area contributed by atoms with Gasteiger partial charge in [0, 0.05) is 5.92 Å². The molecule has 0 aromatic heterocycles. The van der Waals surface area contributed by atoms with E-state index in [4.69, 9.17) is 4.74 Å². The topological polar surface area (TPSA) is 33.9 Å². The smallest absolute Gasteiger partial charge is 0.137 e. The number of likely N-dealkylation sites (tertiary alicyclic amines) is 1. The summed E-state index contributed by atoms with van der Waals surface area (Å²) >= 11 is 0. The second-order valence-corrected chi connectivity index (χ2v) is 6.39. The third-order valence-corrected chi connectivity index (χ3v) is 4.15. The standard InChI is InChI=1S/C17H27NO2/c1-13-6-7-17(15(3)9-13)20-12-16(19)11-18-8-4-5-14(2)10-18/h6-7,9,14,16,19H,4-5,8,10-12H2,1-3H3/p+1/t14-,16+/m1/s1. The largest absolute Gasteiger partial charge is 0.490 e. The van der Waals surface area contributed by atoms with Gasteiger partial charge in [-0.3, -0.25) is 0 Å². The lowest BCUT2D eigenvalue weighted by Crippen LogP contribution is -3.14. The van der Waals surface area contributed by atoms with Gasteiger partial charge in [-0.15, -0.1) is 0 Å². The number of ether oxygens (including phenoxy) is 1. The first-order valence-corrected chi connectivity index (χ1v) is 7.76. The lowest BCUT2D eigenvalue weighted by atomic mass is 10.0. The maximum absolute atomic E-state index is 10.1. The van der Waals surface area contributed by atoms with Crippen molar-refractivity contribution in [1.29, 1.82) is 0 Å². The molecule has 3 atom stereocenters. The highest BCUT2D eigenvalue weighted by molar-refractivity contribution is 5.35. The van der Waals surface area contributed by atoms with Crippen LogP contribution in [-0.4, -0.2) is 37.5 Å². The molecule has 1 aromatic rings. The van der Waals surface area contributed by atoms with Crippen LogP contribution in [0.25, 0.3) is 0 Å². The molecule has 1 heterocycles. The molecule has 1 saturated heterocycles. The Kier molecular flexibility index (Phi) is 5.44. The van der Waals surface area contributed by atoms with E-state index in [1.54, 1.807) is 0 Å². The summed E-state index contributed by atoms with van der Waals surface area (Å²) in [5.74, 6) is 1.67. The first-order valence-electron chi connectivity index (χ1n) is 7.76. The molecule has 3 heteroatoms. The number of benzene rings is 1. The number of piperidine rings is 1. The average molecular weight is 278 g/mol. The van der Waals surface area contributed by atoms with Gasteiger partial charge in [0.1, 0.15) is 25.0 Å². The predicted octanol–water partition coefficient (Wildman–Crippen LogP) is 1.36. The molecule has 1 unspecified atom stereocenters. The molecule has 0 bridgehead atoms. The van der Waals surface area contributed by atoms with Crippen molar-refractivity contribution in [3.8, 4) is 5.75 Å². The van der Waals surface area contributed by atoms with Crippen LogP contribution in [0.4, 0.5) is 0 Å². The van der Waals surface area contributed by atoms with Crippen LogP contribution in [-0.2, 0) is 0 Å². The maximum atomic E-state index is 10.1. The molecule has 2 N–H and O–H groups in total. The van der Waals surface area contributed by atoms with Crippen molar-refractivity contribution in [2.45, 2.75) is 39.7 Å². The Morgan fingerprint density at radius 2 is 2.20 bits per heavy atom. The molecule has 2 rings (SSSR count). The summed E-state index contributed by atoms with van der Waals surface area (Å²) in [5.41, 5.74) is 2.37. The monoisotopic (exact) mass is 278 g/mol. The number of hydrogen-bond acceptors (Lipinski definition) is 2. The van der Waals surface area contributed by atoms with Crippen molar-refractivity contribution in [2.75, 3.05) is 26.2 Å². The van der Waals surface area contributed by atoms with Crippen molar-refractivity contribution in [3.63, 3.8) is 0 Å². The fourth-order valence-corrected chi connectivity index (χ4v) is 3.12. The van der Waals surface area contributed by atoms with Crippen LogP contribution in [0.3, 0.4) is 0 Å². The fraction of sp³-hybridized carbons (Fsp3) is 0.647. The van der Waals surface area contributed by atoms with Crippen LogP contribution in [0.15, 0.2) is 18.2 Å². The quantitative estimate of drug-likeness (QED) is 0.853. The van der Waals surface area contributed by atoms with E-state index in [-0.39, 0.29) is 6.10 Å². The van der Waals surface area contributed by atoms with Crippen LogP contribution < -0.4 is 9.64 Å². The van der Waals surface area contributed by atoms with E-state index in [2.05, 4.69) is 19.9 Å². The van der Waals surface area contributed by atoms with E-state index in [0.717, 1.165) is 23.8 Å². The minimum Gasteiger partial charge on any atom is -0.490 e. The highest BCUT2D eigenvalue weighted by Gasteiger charge is 2.22. The zero-order chi connectivity index (χ0) is 14.5. The van der Waals surface area contributed by atoms with Crippen LogP contribution in [0, 0.1) is 19.8 Å². The van der Waals surface area contributed by atoms with Crippen molar-refractivity contribution < 1.29 is 14.7 Å². The van der Waals surface area contributed by atoms with Gasteiger partial charge in [-0.1, -0.05) is 24.6 Å². The number of aliphatic hydroxyl groups excluding tert-OH is 1. The molecule has 1 aliphatic heterocycles. The third-order valence-electron chi connectivity index (χ3n) is 4.15. The highest BCUT2D eigenvalue weighted by atomic mass is 16.5.